The molecule has 19 heavy (non-hydrogen) atoms. The summed E-state index contributed by atoms with van der Waals surface area (Å²) in [6.45, 7) is 2.31. The van der Waals surface area contributed by atoms with Crippen molar-refractivity contribution in [2.75, 3.05) is 19.6 Å². The van der Waals surface area contributed by atoms with Crippen LogP contribution in [-0.2, 0) is 11.3 Å². The summed E-state index contributed by atoms with van der Waals surface area (Å²) in [7, 11) is 0. The summed E-state index contributed by atoms with van der Waals surface area (Å²) in [5, 5.41) is 2.73. The molecule has 104 valence electrons. The molecule has 1 saturated heterocycles. The van der Waals surface area contributed by atoms with Crippen LogP contribution >= 0.6 is 0 Å². The van der Waals surface area contributed by atoms with Crippen LogP contribution in [0.25, 0.3) is 0 Å². The highest BCUT2D eigenvalue weighted by atomic mass is 16.3. The number of nitrogens with two attached hydrogens (primary N) is 1. The third-order valence-corrected chi connectivity index (χ3v) is 3.10. The third kappa shape index (κ3) is 4.31. The lowest BCUT2D eigenvalue weighted by Crippen LogP contribution is -2.41. The zero-order chi connectivity index (χ0) is 13.5. The van der Waals surface area contributed by atoms with Gasteiger partial charge in [0.25, 0.3) is 0 Å². The van der Waals surface area contributed by atoms with Crippen LogP contribution < -0.4 is 11.1 Å². The topological polar surface area (TPSA) is 83.9 Å². The number of nitrogens with one attached hydrogen (secondary N) is 1. The smallest absolute Gasteiger partial charge is 0.242 e. The highest BCUT2D eigenvalue weighted by Gasteiger charge is 2.12. The van der Waals surface area contributed by atoms with Gasteiger partial charge in [-0.05, 0) is 31.4 Å². The molecule has 1 aromatic heterocycles. The van der Waals surface area contributed by atoms with Gasteiger partial charge in [0.1, 0.15) is 12.3 Å². The van der Waals surface area contributed by atoms with Crippen LogP contribution in [0.2, 0.25) is 0 Å². The van der Waals surface area contributed by atoms with E-state index in [0.29, 0.717) is 12.5 Å². The number of carbonyl (C=O) groups excluding carboxylic acids is 1. The first kappa shape index (κ1) is 13.5. The number of piperidine rings is 1. The minimum atomic E-state index is -0.156. The number of amides is 1. The number of likely N-dealkylation sites (tertiary alicyclic amines) is 1. The number of furan rings is 1. The number of carbonyl (C=O) groups is 1. The number of rotatable bonds is 4. The SMILES string of the molecule is NC(=NCC(=O)NCc1ccco1)N1CCCCC1. The zero-order valence-electron chi connectivity index (χ0n) is 11.0. The second-order valence-corrected chi connectivity index (χ2v) is 4.58. The Kier molecular flexibility index (Phi) is 4.83. The van der Waals surface area contributed by atoms with Crippen LogP contribution in [0.5, 0.6) is 0 Å². The fourth-order valence-corrected chi connectivity index (χ4v) is 2.03. The van der Waals surface area contributed by atoms with Crippen molar-refractivity contribution in [3.05, 3.63) is 24.2 Å². The van der Waals surface area contributed by atoms with Gasteiger partial charge >= 0.3 is 0 Å². The van der Waals surface area contributed by atoms with E-state index in [2.05, 4.69) is 10.3 Å². The van der Waals surface area contributed by atoms with Crippen molar-refractivity contribution in [1.82, 2.24) is 10.2 Å². The predicted octanol–water partition coefficient (Wildman–Crippen LogP) is 0.696. The molecule has 1 fully saturated rings. The first-order valence-corrected chi connectivity index (χ1v) is 6.59. The maximum atomic E-state index is 11.6. The molecule has 0 radical (unpaired) electrons. The highest BCUT2D eigenvalue weighted by molar-refractivity contribution is 5.84. The average molecular weight is 264 g/mol. The van der Waals surface area contributed by atoms with E-state index in [1.54, 1.807) is 12.3 Å². The molecule has 3 N–H and O–H groups in total. The lowest BCUT2D eigenvalue weighted by Gasteiger charge is -2.27. The second-order valence-electron chi connectivity index (χ2n) is 4.58. The molecular formula is C13H20N4O2. The van der Waals surface area contributed by atoms with Gasteiger partial charge in [-0.15, -0.1) is 0 Å². The quantitative estimate of drug-likeness (QED) is 0.619. The number of guanidine groups is 1. The van der Waals surface area contributed by atoms with Crippen molar-refractivity contribution in [2.45, 2.75) is 25.8 Å². The molecule has 0 aliphatic carbocycles. The largest absolute Gasteiger partial charge is 0.467 e. The summed E-state index contributed by atoms with van der Waals surface area (Å²) in [5.74, 6) is 1.03. The summed E-state index contributed by atoms with van der Waals surface area (Å²) in [6, 6.07) is 3.60. The van der Waals surface area contributed by atoms with Crippen molar-refractivity contribution in [3.8, 4) is 0 Å². The van der Waals surface area contributed by atoms with Crippen molar-refractivity contribution in [3.63, 3.8) is 0 Å². The molecule has 1 amide bonds. The van der Waals surface area contributed by atoms with Crippen molar-refractivity contribution >= 4 is 11.9 Å². The summed E-state index contributed by atoms with van der Waals surface area (Å²) < 4.78 is 5.12. The molecule has 0 unspecified atom stereocenters. The summed E-state index contributed by atoms with van der Waals surface area (Å²) in [4.78, 5) is 17.7. The Morgan fingerprint density at radius 1 is 1.42 bits per heavy atom. The third-order valence-electron chi connectivity index (χ3n) is 3.10. The van der Waals surface area contributed by atoms with E-state index in [4.69, 9.17) is 10.2 Å². The second kappa shape index (κ2) is 6.82. The Balaban J connectivity index is 1.72. The molecule has 6 heteroatoms. The lowest BCUT2D eigenvalue weighted by atomic mass is 10.1. The summed E-state index contributed by atoms with van der Waals surface area (Å²) in [5.41, 5.74) is 5.86. The van der Waals surface area contributed by atoms with E-state index in [1.165, 1.54) is 6.42 Å². The van der Waals surface area contributed by atoms with Gasteiger partial charge in [0, 0.05) is 13.1 Å². The molecule has 0 atom stereocenters. The van der Waals surface area contributed by atoms with E-state index in [1.807, 2.05) is 11.0 Å². The molecule has 1 aliphatic rings. The van der Waals surface area contributed by atoms with Crippen LogP contribution in [0.15, 0.2) is 27.8 Å². The lowest BCUT2D eigenvalue weighted by molar-refractivity contribution is -0.119. The molecule has 0 aromatic carbocycles. The van der Waals surface area contributed by atoms with Gasteiger partial charge in [-0.1, -0.05) is 0 Å². The first-order chi connectivity index (χ1) is 9.25. The molecule has 1 aliphatic heterocycles. The van der Waals surface area contributed by atoms with Crippen LogP contribution in [0.1, 0.15) is 25.0 Å². The minimum absolute atomic E-state index is 0.0586. The number of hydrogen-bond donors (Lipinski definition) is 2. The highest BCUT2D eigenvalue weighted by Crippen LogP contribution is 2.07. The van der Waals surface area contributed by atoms with Crippen LogP contribution in [0.3, 0.4) is 0 Å². The maximum absolute atomic E-state index is 11.6. The van der Waals surface area contributed by atoms with Crippen molar-refractivity contribution in [2.24, 2.45) is 10.7 Å². The van der Waals surface area contributed by atoms with Gasteiger partial charge in [-0.2, -0.15) is 0 Å². The Hall–Kier alpha value is -1.98. The molecule has 0 bridgehead atoms. The molecule has 2 heterocycles. The Labute approximate surface area is 112 Å². The Morgan fingerprint density at radius 3 is 2.89 bits per heavy atom. The Bertz CT molecular complexity index is 422. The number of hydrogen-bond acceptors (Lipinski definition) is 3. The van der Waals surface area contributed by atoms with Gasteiger partial charge < -0.3 is 20.4 Å². The molecule has 2 rings (SSSR count). The number of aliphatic imine (C=N–C) groups is 1. The molecule has 0 spiro atoms. The maximum Gasteiger partial charge on any atom is 0.242 e. The van der Waals surface area contributed by atoms with E-state index in [0.717, 1.165) is 31.7 Å². The molecule has 6 nitrogen and oxygen atoms in total. The first-order valence-electron chi connectivity index (χ1n) is 6.59. The summed E-state index contributed by atoms with van der Waals surface area (Å²) in [6.07, 6.45) is 5.10. The molecular weight excluding hydrogens is 244 g/mol. The zero-order valence-corrected chi connectivity index (χ0v) is 11.0. The van der Waals surface area contributed by atoms with E-state index in [-0.39, 0.29) is 12.5 Å². The normalized spacial score (nSPS) is 16.4. The number of nitrogens with zero attached hydrogens (tertiary/aromatic N) is 2. The van der Waals surface area contributed by atoms with Gasteiger partial charge in [0.2, 0.25) is 5.91 Å². The van der Waals surface area contributed by atoms with Crippen LogP contribution in [-0.4, -0.2) is 36.4 Å². The van der Waals surface area contributed by atoms with Gasteiger partial charge in [0.05, 0.1) is 12.8 Å². The van der Waals surface area contributed by atoms with Crippen LogP contribution in [0.4, 0.5) is 0 Å². The fourth-order valence-electron chi connectivity index (χ4n) is 2.03. The van der Waals surface area contributed by atoms with Gasteiger partial charge in [-0.25, -0.2) is 4.99 Å². The van der Waals surface area contributed by atoms with Gasteiger partial charge in [-0.3, -0.25) is 4.79 Å². The van der Waals surface area contributed by atoms with Gasteiger partial charge in [0.15, 0.2) is 5.96 Å². The predicted molar refractivity (Wildman–Crippen MR) is 72.5 cm³/mol. The van der Waals surface area contributed by atoms with E-state index in [9.17, 15) is 4.79 Å². The standard InChI is InChI=1S/C13H20N4O2/c14-13(17-6-2-1-3-7-17)16-10-12(18)15-9-11-5-4-8-19-11/h4-5,8H,1-3,6-7,9-10H2,(H2,14,16)(H,15,18). The Morgan fingerprint density at radius 2 is 2.21 bits per heavy atom. The molecule has 1 aromatic rings. The van der Waals surface area contributed by atoms with Crippen LogP contribution in [0, 0.1) is 0 Å². The van der Waals surface area contributed by atoms with Crippen molar-refractivity contribution < 1.29 is 9.21 Å². The van der Waals surface area contributed by atoms with Crippen molar-refractivity contribution in [1.29, 1.82) is 0 Å². The summed E-state index contributed by atoms with van der Waals surface area (Å²) >= 11 is 0. The fraction of sp³-hybridized carbons (Fsp3) is 0.538. The molecule has 0 saturated carbocycles. The average Bonchev–Trinajstić information content (AvgIpc) is 2.96. The monoisotopic (exact) mass is 264 g/mol. The van der Waals surface area contributed by atoms with E-state index < -0.39 is 0 Å². The minimum Gasteiger partial charge on any atom is -0.467 e. The van der Waals surface area contributed by atoms with E-state index >= 15 is 0 Å².